The number of benzene rings is 4. The van der Waals surface area contributed by atoms with Gasteiger partial charge in [0.15, 0.2) is 5.96 Å². The maximum Gasteiger partial charge on any atom is 0.243 e. The minimum Gasteiger partial charge on any atom is -0.489 e. The fourth-order valence-electron chi connectivity index (χ4n) is 4.80. The largest absolute Gasteiger partial charge is 0.489 e. The molecule has 0 aromatic heterocycles. The highest BCUT2D eigenvalue weighted by Gasteiger charge is 2.28. The van der Waals surface area contributed by atoms with Crippen molar-refractivity contribution in [2.75, 3.05) is 6.54 Å². The number of amides is 2. The predicted molar refractivity (Wildman–Crippen MR) is 178 cm³/mol. The van der Waals surface area contributed by atoms with Gasteiger partial charge in [0.25, 0.3) is 0 Å². The van der Waals surface area contributed by atoms with E-state index in [1.807, 2.05) is 122 Å². The fraction of sp³-hybridized carbons (Fsp3) is 0.229. The molecule has 0 heterocycles. The summed E-state index contributed by atoms with van der Waals surface area (Å²) in [5.74, 6) is -0.384. The van der Waals surface area contributed by atoms with E-state index in [0.29, 0.717) is 26.0 Å². The Balaban J connectivity index is 0.00000529. The number of aliphatic imine (C=N–C) groups is 1. The predicted octanol–water partition coefficient (Wildman–Crippen LogP) is 5.24. The number of rotatable bonds is 14. The minimum atomic E-state index is -0.785. The first-order valence-electron chi connectivity index (χ1n) is 14.4. The highest BCUT2D eigenvalue weighted by molar-refractivity contribution is 5.92. The van der Waals surface area contributed by atoms with Gasteiger partial charge in [-0.25, -0.2) is 0 Å². The number of hydrogen-bond acceptors (Lipinski definition) is 4. The van der Waals surface area contributed by atoms with Crippen molar-refractivity contribution in [1.29, 1.82) is 0 Å². The number of ether oxygens (including phenoxy) is 1. The van der Waals surface area contributed by atoms with E-state index in [9.17, 15) is 9.59 Å². The summed E-state index contributed by atoms with van der Waals surface area (Å²) >= 11 is 0. The van der Waals surface area contributed by atoms with Gasteiger partial charge in [0.1, 0.15) is 18.4 Å². The average Bonchev–Trinajstić information content (AvgIpc) is 3.03. The number of nitrogens with zero attached hydrogens (tertiary/aromatic N) is 1. The standard InChI is InChI=1S/C35H39N5O3.ClH/c1-25(27-19-21-30(22-20-27)43-24-26-12-5-2-6-13-26)39-33(41)31(18-11-23-38-35(36)37)40-34(42)32(28-14-7-3-8-15-28)29-16-9-4-10-17-29;/h2-10,12-17,19-22,25,31-32H,11,18,23-24H2,1H3,(H,39,41)(H,40,42)(H4,36,37,38);1H/t25-,31-;/m1./s1. The lowest BCUT2D eigenvalue weighted by molar-refractivity contribution is -0.129. The number of carbonyl (C=O) groups is 2. The molecular weight excluding hydrogens is 574 g/mol. The molecule has 0 aliphatic carbocycles. The van der Waals surface area contributed by atoms with Gasteiger partial charge in [0, 0.05) is 6.54 Å². The summed E-state index contributed by atoms with van der Waals surface area (Å²) in [4.78, 5) is 31.4. The van der Waals surface area contributed by atoms with Crippen molar-refractivity contribution in [1.82, 2.24) is 10.6 Å². The van der Waals surface area contributed by atoms with Crippen molar-refractivity contribution >= 4 is 30.2 Å². The molecule has 0 saturated heterocycles. The van der Waals surface area contributed by atoms with Crippen LogP contribution in [-0.2, 0) is 16.2 Å². The molecule has 0 saturated carbocycles. The topological polar surface area (TPSA) is 132 Å². The molecule has 0 bridgehead atoms. The number of nitrogens with one attached hydrogen (secondary N) is 2. The van der Waals surface area contributed by atoms with Gasteiger partial charge in [-0.1, -0.05) is 103 Å². The molecule has 4 rings (SSSR count). The molecule has 0 fully saturated rings. The molecule has 0 spiro atoms. The van der Waals surface area contributed by atoms with Gasteiger partial charge in [-0.05, 0) is 54.2 Å². The molecule has 6 N–H and O–H groups in total. The van der Waals surface area contributed by atoms with E-state index in [2.05, 4.69) is 15.6 Å². The van der Waals surface area contributed by atoms with Crippen LogP contribution in [-0.4, -0.2) is 30.4 Å². The third kappa shape index (κ3) is 10.2. The van der Waals surface area contributed by atoms with Gasteiger partial charge in [0.05, 0.1) is 12.0 Å². The number of hydrogen-bond donors (Lipinski definition) is 4. The minimum absolute atomic E-state index is 0. The van der Waals surface area contributed by atoms with Crippen molar-refractivity contribution < 1.29 is 14.3 Å². The number of guanidine groups is 1. The van der Waals surface area contributed by atoms with E-state index in [4.69, 9.17) is 16.2 Å². The smallest absolute Gasteiger partial charge is 0.243 e. The van der Waals surface area contributed by atoms with E-state index in [1.54, 1.807) is 0 Å². The van der Waals surface area contributed by atoms with E-state index in [1.165, 1.54) is 0 Å². The molecule has 0 aliphatic heterocycles. The summed E-state index contributed by atoms with van der Waals surface area (Å²) in [6, 6.07) is 35.6. The maximum absolute atomic E-state index is 13.8. The Hall–Kier alpha value is -4.82. The Kier molecular flexibility index (Phi) is 13.3. The van der Waals surface area contributed by atoms with Gasteiger partial charge in [-0.2, -0.15) is 0 Å². The molecule has 230 valence electrons. The Morgan fingerprint density at radius 1 is 0.727 bits per heavy atom. The highest BCUT2D eigenvalue weighted by atomic mass is 35.5. The van der Waals surface area contributed by atoms with Crippen LogP contribution < -0.4 is 26.8 Å². The monoisotopic (exact) mass is 613 g/mol. The van der Waals surface area contributed by atoms with Crippen molar-refractivity contribution in [2.24, 2.45) is 16.5 Å². The van der Waals surface area contributed by atoms with Crippen LogP contribution >= 0.6 is 12.4 Å². The second-order valence-corrected chi connectivity index (χ2v) is 10.3. The summed E-state index contributed by atoms with van der Waals surface area (Å²) in [6.07, 6.45) is 0.878. The normalized spacial score (nSPS) is 11.9. The van der Waals surface area contributed by atoms with E-state index in [0.717, 1.165) is 28.0 Å². The van der Waals surface area contributed by atoms with Crippen LogP contribution in [0.2, 0.25) is 0 Å². The van der Waals surface area contributed by atoms with Gasteiger partial charge < -0.3 is 26.8 Å². The summed E-state index contributed by atoms with van der Waals surface area (Å²) in [5.41, 5.74) is 14.6. The first-order valence-corrected chi connectivity index (χ1v) is 14.4. The number of carbonyl (C=O) groups excluding carboxylic acids is 2. The Labute approximate surface area is 265 Å². The lowest BCUT2D eigenvalue weighted by atomic mass is 9.90. The maximum atomic E-state index is 13.8. The lowest BCUT2D eigenvalue weighted by Gasteiger charge is -2.25. The second kappa shape index (κ2) is 17.3. The van der Waals surface area contributed by atoms with Crippen molar-refractivity contribution in [3.63, 3.8) is 0 Å². The number of nitrogens with two attached hydrogens (primary N) is 2. The van der Waals surface area contributed by atoms with Crippen LogP contribution in [0, 0.1) is 0 Å². The molecule has 2 amide bonds. The second-order valence-electron chi connectivity index (χ2n) is 10.3. The summed E-state index contributed by atoms with van der Waals surface area (Å²) in [5, 5.41) is 6.09. The summed E-state index contributed by atoms with van der Waals surface area (Å²) < 4.78 is 5.89. The van der Waals surface area contributed by atoms with Gasteiger partial charge >= 0.3 is 0 Å². The molecule has 44 heavy (non-hydrogen) atoms. The summed E-state index contributed by atoms with van der Waals surface area (Å²) in [6.45, 7) is 2.73. The van der Waals surface area contributed by atoms with Crippen LogP contribution in [0.5, 0.6) is 5.75 Å². The average molecular weight is 614 g/mol. The first kappa shape index (κ1) is 33.7. The fourth-order valence-corrected chi connectivity index (χ4v) is 4.80. The van der Waals surface area contributed by atoms with Crippen LogP contribution in [0.4, 0.5) is 0 Å². The van der Waals surface area contributed by atoms with Crippen LogP contribution in [0.1, 0.15) is 54.0 Å². The zero-order valence-corrected chi connectivity index (χ0v) is 25.6. The highest BCUT2D eigenvalue weighted by Crippen LogP contribution is 2.25. The molecule has 4 aromatic carbocycles. The molecule has 9 heteroatoms. The van der Waals surface area contributed by atoms with Crippen molar-refractivity contribution in [2.45, 2.75) is 44.4 Å². The molecule has 2 atom stereocenters. The van der Waals surface area contributed by atoms with Crippen LogP contribution in [0.25, 0.3) is 0 Å². The first-order chi connectivity index (χ1) is 20.9. The van der Waals surface area contributed by atoms with Crippen LogP contribution in [0.15, 0.2) is 120 Å². The lowest BCUT2D eigenvalue weighted by Crippen LogP contribution is -2.48. The van der Waals surface area contributed by atoms with Gasteiger partial charge in [0.2, 0.25) is 11.8 Å². The van der Waals surface area contributed by atoms with Gasteiger partial charge in [-0.15, -0.1) is 12.4 Å². The molecule has 0 aliphatic rings. The summed E-state index contributed by atoms with van der Waals surface area (Å²) in [7, 11) is 0. The quantitative estimate of drug-likeness (QED) is 0.0878. The Morgan fingerprint density at radius 2 is 1.27 bits per heavy atom. The third-order valence-corrected chi connectivity index (χ3v) is 7.09. The third-order valence-electron chi connectivity index (χ3n) is 7.09. The molecule has 0 radical (unpaired) electrons. The van der Waals surface area contributed by atoms with Crippen molar-refractivity contribution in [3.8, 4) is 5.75 Å². The molecule has 0 unspecified atom stereocenters. The van der Waals surface area contributed by atoms with E-state index >= 15 is 0 Å². The van der Waals surface area contributed by atoms with Gasteiger partial charge in [-0.3, -0.25) is 14.6 Å². The SMILES string of the molecule is C[C@@H](NC(=O)[C@@H](CCCN=C(N)N)NC(=O)C(c1ccccc1)c1ccccc1)c1ccc(OCc2ccccc2)cc1.Cl. The number of halogens is 1. The zero-order valence-electron chi connectivity index (χ0n) is 24.8. The Morgan fingerprint density at radius 3 is 1.82 bits per heavy atom. The Bertz CT molecular complexity index is 1430. The zero-order chi connectivity index (χ0) is 30.4. The molecule has 8 nitrogen and oxygen atoms in total. The van der Waals surface area contributed by atoms with E-state index < -0.39 is 12.0 Å². The van der Waals surface area contributed by atoms with Crippen molar-refractivity contribution in [3.05, 3.63) is 138 Å². The molecule has 4 aromatic rings. The van der Waals surface area contributed by atoms with E-state index in [-0.39, 0.29) is 36.2 Å². The molecular formula is C35H40ClN5O3. The van der Waals surface area contributed by atoms with Crippen LogP contribution in [0.3, 0.4) is 0 Å².